The first-order chi connectivity index (χ1) is 4.68. The van der Waals surface area contributed by atoms with Gasteiger partial charge in [0.25, 0.3) is 0 Å². The van der Waals surface area contributed by atoms with Crippen LogP contribution in [0.2, 0.25) is 0 Å². The Kier molecular flexibility index (Phi) is 9.65. The number of unbranched alkanes of at least 4 members (excludes halogenated alkanes) is 2. The minimum atomic E-state index is -2.08. The first-order valence-corrected chi connectivity index (χ1v) is 3.43. The van der Waals surface area contributed by atoms with Crippen molar-refractivity contribution in [2.45, 2.75) is 38.9 Å². The molecule has 1 unspecified atom stereocenters. The normalized spacial score (nSPS) is 12.8. The van der Waals surface area contributed by atoms with E-state index < -0.39 is 11.6 Å². The summed E-state index contributed by atoms with van der Waals surface area (Å²) in [7, 11) is 0. The summed E-state index contributed by atoms with van der Waals surface area (Å²) in [6.07, 6.45) is 0.120. The van der Waals surface area contributed by atoms with Gasteiger partial charge in [-0.1, -0.05) is 28.7 Å². The molecule has 1 atom stereocenters. The highest BCUT2D eigenvalue weighted by atomic mass is 19.4. The fourth-order valence-electron chi connectivity index (χ4n) is 0.660. The first-order valence-electron chi connectivity index (χ1n) is 3.43. The summed E-state index contributed by atoms with van der Waals surface area (Å²) in [4.78, 5) is 0. The molecule has 5 heteroatoms. The van der Waals surface area contributed by atoms with Crippen LogP contribution in [0.1, 0.15) is 32.6 Å². The molecule has 0 rings (SSSR count). The Morgan fingerprint density at radius 1 is 1.27 bits per heavy atom. The van der Waals surface area contributed by atoms with E-state index >= 15 is 0 Å². The predicted molar refractivity (Wildman–Crippen MR) is 38.8 cm³/mol. The molecular formula is C6H12BF3N. The number of rotatable bonds is 5. The lowest BCUT2D eigenvalue weighted by atomic mass is 10.2. The second-order valence-corrected chi connectivity index (χ2v) is 2.19. The zero-order valence-corrected chi connectivity index (χ0v) is 6.56. The van der Waals surface area contributed by atoms with Crippen molar-refractivity contribution < 1.29 is 13.4 Å². The maximum Gasteiger partial charge on any atom is 0.212 e. The lowest BCUT2D eigenvalue weighted by molar-refractivity contribution is -0.225. The van der Waals surface area contributed by atoms with Gasteiger partial charge in [0.1, 0.15) is 0 Å². The molecule has 3 radical (unpaired) electrons. The third kappa shape index (κ3) is 7.71. The average Bonchev–Trinajstić information content (AvgIpc) is 1.88. The fraction of sp³-hybridized carbons (Fsp3) is 1.00. The van der Waals surface area contributed by atoms with Crippen molar-refractivity contribution in [2.75, 3.05) is 0 Å². The van der Waals surface area contributed by atoms with Gasteiger partial charge in [-0.25, -0.2) is 4.39 Å². The molecule has 0 spiro atoms. The van der Waals surface area contributed by atoms with Gasteiger partial charge in [0, 0.05) is 8.41 Å². The van der Waals surface area contributed by atoms with E-state index in [1.54, 1.807) is 0 Å². The summed E-state index contributed by atoms with van der Waals surface area (Å²) in [6.45, 7) is 1.94. The highest BCUT2D eigenvalue weighted by molar-refractivity contribution is 5.75. The van der Waals surface area contributed by atoms with Gasteiger partial charge in [0.05, 0.1) is 5.34 Å². The Labute approximate surface area is 67.0 Å². The fourth-order valence-corrected chi connectivity index (χ4v) is 0.660. The molecule has 0 fully saturated rings. The van der Waals surface area contributed by atoms with Crippen LogP contribution in [0, 0.1) is 0 Å². The van der Waals surface area contributed by atoms with Crippen molar-refractivity contribution >= 4 is 8.41 Å². The topological polar surface area (TPSA) is 3.24 Å². The van der Waals surface area contributed by atoms with E-state index in [-0.39, 0.29) is 14.8 Å². The molecule has 0 N–H and O–H groups in total. The summed E-state index contributed by atoms with van der Waals surface area (Å²) in [6, 6.07) is 0. The molecule has 0 saturated heterocycles. The minimum absolute atomic E-state index is 0. The van der Waals surface area contributed by atoms with E-state index in [0.717, 1.165) is 12.8 Å². The van der Waals surface area contributed by atoms with Gasteiger partial charge in [-0.2, -0.15) is 0 Å². The number of hydrogen-bond donors (Lipinski definition) is 0. The smallest absolute Gasteiger partial charge is 0.212 e. The zero-order valence-electron chi connectivity index (χ0n) is 6.56. The monoisotopic (exact) mass is 166 g/mol. The molecular weight excluding hydrogens is 154 g/mol. The van der Waals surface area contributed by atoms with Crippen molar-refractivity contribution in [3.05, 3.63) is 0 Å². The van der Waals surface area contributed by atoms with Gasteiger partial charge >= 0.3 is 0 Å². The molecule has 0 aromatic heterocycles. The summed E-state index contributed by atoms with van der Waals surface area (Å²) in [5.41, 5.74) is 0. The first kappa shape index (κ1) is 13.4. The summed E-state index contributed by atoms with van der Waals surface area (Å²) >= 11 is 0. The van der Waals surface area contributed by atoms with Crippen molar-refractivity contribution in [3.63, 3.8) is 0 Å². The quantitative estimate of drug-likeness (QED) is 0.262. The summed E-state index contributed by atoms with van der Waals surface area (Å²) in [5.74, 6) is 0. The summed E-state index contributed by atoms with van der Waals surface area (Å²) < 4.78 is 34.7. The lowest BCUT2D eigenvalue weighted by Gasteiger charge is -2.05. The van der Waals surface area contributed by atoms with Crippen LogP contribution in [0.5, 0.6) is 0 Å². The third-order valence-electron chi connectivity index (χ3n) is 1.26. The van der Waals surface area contributed by atoms with Crippen molar-refractivity contribution in [1.82, 2.24) is 5.34 Å². The van der Waals surface area contributed by atoms with Crippen LogP contribution < -0.4 is 0 Å². The number of halogens is 3. The van der Waals surface area contributed by atoms with E-state index in [2.05, 4.69) is 0 Å². The second-order valence-electron chi connectivity index (χ2n) is 2.19. The van der Waals surface area contributed by atoms with Crippen molar-refractivity contribution in [3.8, 4) is 0 Å². The number of alkyl halides is 1. The average molecular weight is 166 g/mol. The SMILES string of the molecule is CCCCCC(F)N(F)F.[B]. The van der Waals surface area contributed by atoms with E-state index in [1.165, 1.54) is 0 Å². The Balaban J connectivity index is 0. The standard InChI is InChI=1S/C6H12F3N.B/c1-2-3-4-5-6(7)10(8)9;/h6H,2-5H2,1H3;. The molecule has 0 bridgehead atoms. The molecule has 0 aliphatic rings. The molecule has 0 heterocycles. The predicted octanol–water partition coefficient (Wildman–Crippen LogP) is 2.55. The molecule has 0 aromatic carbocycles. The van der Waals surface area contributed by atoms with E-state index in [0.29, 0.717) is 6.42 Å². The van der Waals surface area contributed by atoms with Crippen molar-refractivity contribution in [2.24, 2.45) is 0 Å². The Bertz CT molecular complexity index is 82.2. The largest absolute Gasteiger partial charge is 0.224 e. The van der Waals surface area contributed by atoms with Crippen LogP contribution in [-0.4, -0.2) is 20.1 Å². The van der Waals surface area contributed by atoms with Crippen LogP contribution in [0.4, 0.5) is 13.4 Å². The molecule has 65 valence electrons. The van der Waals surface area contributed by atoms with Crippen LogP contribution >= 0.6 is 0 Å². The third-order valence-corrected chi connectivity index (χ3v) is 1.26. The number of hydrogen-bond acceptors (Lipinski definition) is 1. The van der Waals surface area contributed by atoms with E-state index in [9.17, 15) is 13.4 Å². The zero-order chi connectivity index (χ0) is 7.98. The van der Waals surface area contributed by atoms with Crippen LogP contribution in [0.3, 0.4) is 0 Å². The highest BCUT2D eigenvalue weighted by Gasteiger charge is 2.14. The van der Waals surface area contributed by atoms with Gasteiger partial charge in [-0.05, 0) is 12.8 Å². The Morgan fingerprint density at radius 3 is 2.18 bits per heavy atom. The Morgan fingerprint density at radius 2 is 1.82 bits per heavy atom. The van der Waals surface area contributed by atoms with E-state index in [1.807, 2.05) is 6.92 Å². The lowest BCUT2D eigenvalue weighted by Crippen LogP contribution is -2.14. The van der Waals surface area contributed by atoms with Gasteiger partial charge in [0.2, 0.25) is 6.30 Å². The van der Waals surface area contributed by atoms with Crippen LogP contribution in [-0.2, 0) is 0 Å². The second kappa shape index (κ2) is 7.92. The Hall–Kier alpha value is -0.185. The molecule has 11 heavy (non-hydrogen) atoms. The maximum atomic E-state index is 12.0. The van der Waals surface area contributed by atoms with Crippen LogP contribution in [0.25, 0.3) is 0 Å². The van der Waals surface area contributed by atoms with Gasteiger partial charge in [0.15, 0.2) is 0 Å². The molecule has 0 saturated carbocycles. The molecule has 0 aliphatic carbocycles. The molecule has 1 nitrogen and oxygen atoms in total. The van der Waals surface area contributed by atoms with Crippen molar-refractivity contribution in [1.29, 1.82) is 0 Å². The molecule has 0 amide bonds. The highest BCUT2D eigenvalue weighted by Crippen LogP contribution is 2.11. The molecule has 0 aliphatic heterocycles. The number of nitrogens with zero attached hydrogens (tertiary/aromatic N) is 1. The molecule has 0 aromatic rings. The van der Waals surface area contributed by atoms with E-state index in [4.69, 9.17) is 0 Å². The van der Waals surface area contributed by atoms with Gasteiger partial charge < -0.3 is 0 Å². The van der Waals surface area contributed by atoms with Gasteiger partial charge in [-0.15, -0.1) is 0 Å². The maximum absolute atomic E-state index is 12.0. The summed E-state index contributed by atoms with van der Waals surface area (Å²) in [5, 5.41) is -1.38. The van der Waals surface area contributed by atoms with Gasteiger partial charge in [-0.3, -0.25) is 0 Å². The van der Waals surface area contributed by atoms with Crippen LogP contribution in [0.15, 0.2) is 0 Å². The minimum Gasteiger partial charge on any atom is -0.224 e.